The summed E-state index contributed by atoms with van der Waals surface area (Å²) in [6, 6.07) is 0. The number of aliphatic hydroxyl groups is 1. The molecule has 0 amide bonds. The van der Waals surface area contributed by atoms with E-state index in [2.05, 4.69) is 20.8 Å². The van der Waals surface area contributed by atoms with E-state index < -0.39 is 0 Å². The molecule has 1 heteroatoms. The number of rotatable bonds is 4. The second-order valence-electron chi connectivity index (χ2n) is 4.26. The Morgan fingerprint density at radius 2 is 2.00 bits per heavy atom. The Labute approximate surface area is 69.8 Å². The summed E-state index contributed by atoms with van der Waals surface area (Å²) in [6.07, 6.45) is 4.62. The molecule has 0 bridgehead atoms. The fourth-order valence-electron chi connectivity index (χ4n) is 1.61. The summed E-state index contributed by atoms with van der Waals surface area (Å²) >= 11 is 0. The molecule has 0 radical (unpaired) electrons. The molecule has 1 N–H and O–H groups in total. The molecule has 66 valence electrons. The molecular formula is C10H20O. The van der Waals surface area contributed by atoms with Gasteiger partial charge < -0.3 is 5.11 Å². The Morgan fingerprint density at radius 1 is 1.45 bits per heavy atom. The first kappa shape index (κ1) is 9.05. The normalized spacial score (nSPS) is 23.7. The first-order chi connectivity index (χ1) is 5.08. The molecule has 1 aliphatic carbocycles. The van der Waals surface area contributed by atoms with Crippen LogP contribution in [0.3, 0.4) is 0 Å². The van der Waals surface area contributed by atoms with Gasteiger partial charge in [-0.2, -0.15) is 0 Å². The van der Waals surface area contributed by atoms with Gasteiger partial charge in [0.2, 0.25) is 0 Å². The van der Waals surface area contributed by atoms with Crippen LogP contribution in [0.25, 0.3) is 0 Å². The minimum atomic E-state index is -0.374. The number of hydrogen-bond acceptors (Lipinski definition) is 1. The SMILES string of the molecule is CCC(O)(CC1CC1)C(C)C. The highest BCUT2D eigenvalue weighted by atomic mass is 16.3. The van der Waals surface area contributed by atoms with E-state index in [9.17, 15) is 5.11 Å². The summed E-state index contributed by atoms with van der Waals surface area (Å²) in [5.41, 5.74) is -0.374. The molecule has 0 aromatic rings. The van der Waals surface area contributed by atoms with E-state index in [0.717, 1.165) is 18.8 Å². The van der Waals surface area contributed by atoms with Crippen molar-refractivity contribution in [3.8, 4) is 0 Å². The van der Waals surface area contributed by atoms with Gasteiger partial charge in [-0.25, -0.2) is 0 Å². The average molecular weight is 156 g/mol. The van der Waals surface area contributed by atoms with E-state index in [4.69, 9.17) is 0 Å². The standard InChI is InChI=1S/C10H20O/c1-4-10(11,8(2)3)7-9-5-6-9/h8-9,11H,4-7H2,1-3H3. The highest BCUT2D eigenvalue weighted by Gasteiger charge is 2.35. The summed E-state index contributed by atoms with van der Waals surface area (Å²) in [5, 5.41) is 10.1. The first-order valence-electron chi connectivity index (χ1n) is 4.81. The smallest absolute Gasteiger partial charge is 0.0670 e. The van der Waals surface area contributed by atoms with Crippen molar-refractivity contribution in [3.63, 3.8) is 0 Å². The van der Waals surface area contributed by atoms with E-state index in [1.165, 1.54) is 12.8 Å². The maximum atomic E-state index is 10.1. The van der Waals surface area contributed by atoms with Crippen LogP contribution in [0, 0.1) is 11.8 Å². The van der Waals surface area contributed by atoms with Gasteiger partial charge in [-0.1, -0.05) is 33.6 Å². The van der Waals surface area contributed by atoms with Crippen LogP contribution in [0.2, 0.25) is 0 Å². The molecule has 0 aromatic carbocycles. The van der Waals surface area contributed by atoms with Crippen LogP contribution >= 0.6 is 0 Å². The largest absolute Gasteiger partial charge is 0.390 e. The molecule has 0 saturated heterocycles. The van der Waals surface area contributed by atoms with Crippen LogP contribution in [0.4, 0.5) is 0 Å². The molecule has 0 aromatic heterocycles. The molecule has 1 saturated carbocycles. The van der Waals surface area contributed by atoms with Gasteiger partial charge in [-0.15, -0.1) is 0 Å². The summed E-state index contributed by atoms with van der Waals surface area (Å²) in [7, 11) is 0. The van der Waals surface area contributed by atoms with Crippen molar-refractivity contribution in [1.29, 1.82) is 0 Å². The molecule has 0 spiro atoms. The molecule has 1 nitrogen and oxygen atoms in total. The maximum Gasteiger partial charge on any atom is 0.0670 e. The molecule has 0 aliphatic heterocycles. The second-order valence-corrected chi connectivity index (χ2v) is 4.26. The molecule has 11 heavy (non-hydrogen) atoms. The predicted octanol–water partition coefficient (Wildman–Crippen LogP) is 2.58. The molecule has 0 heterocycles. The zero-order valence-electron chi connectivity index (χ0n) is 7.93. The van der Waals surface area contributed by atoms with Crippen molar-refractivity contribution >= 4 is 0 Å². The lowest BCUT2D eigenvalue weighted by atomic mass is 9.83. The third-order valence-electron chi connectivity index (χ3n) is 3.03. The lowest BCUT2D eigenvalue weighted by molar-refractivity contribution is -0.0213. The van der Waals surface area contributed by atoms with Gasteiger partial charge in [0.1, 0.15) is 0 Å². The lowest BCUT2D eigenvalue weighted by Gasteiger charge is -2.31. The van der Waals surface area contributed by atoms with Crippen LogP contribution in [0.1, 0.15) is 46.5 Å². The van der Waals surface area contributed by atoms with E-state index in [1.807, 2.05) is 0 Å². The zero-order valence-corrected chi connectivity index (χ0v) is 7.93. The Bertz CT molecular complexity index is 127. The van der Waals surface area contributed by atoms with Gasteiger partial charge in [-0.3, -0.25) is 0 Å². The Morgan fingerprint density at radius 3 is 2.27 bits per heavy atom. The Hall–Kier alpha value is -0.0400. The summed E-state index contributed by atoms with van der Waals surface area (Å²) in [6.45, 7) is 6.32. The monoisotopic (exact) mass is 156 g/mol. The molecule has 1 fully saturated rings. The summed E-state index contributed by atoms with van der Waals surface area (Å²) < 4.78 is 0. The summed E-state index contributed by atoms with van der Waals surface area (Å²) in [4.78, 5) is 0. The van der Waals surface area contributed by atoms with Crippen LogP contribution in [-0.4, -0.2) is 10.7 Å². The van der Waals surface area contributed by atoms with Gasteiger partial charge in [0.25, 0.3) is 0 Å². The van der Waals surface area contributed by atoms with Crippen molar-refractivity contribution in [2.75, 3.05) is 0 Å². The third kappa shape index (κ3) is 2.19. The highest BCUT2D eigenvalue weighted by Crippen LogP contribution is 2.40. The Kier molecular flexibility index (Phi) is 2.58. The fraction of sp³-hybridized carbons (Fsp3) is 1.00. The van der Waals surface area contributed by atoms with Crippen LogP contribution in [-0.2, 0) is 0 Å². The van der Waals surface area contributed by atoms with Crippen molar-refractivity contribution < 1.29 is 5.11 Å². The minimum absolute atomic E-state index is 0.374. The molecule has 1 aliphatic rings. The van der Waals surface area contributed by atoms with Gasteiger partial charge in [-0.05, 0) is 24.7 Å². The maximum absolute atomic E-state index is 10.1. The minimum Gasteiger partial charge on any atom is -0.390 e. The molecule has 1 atom stereocenters. The van der Waals surface area contributed by atoms with E-state index in [0.29, 0.717) is 5.92 Å². The van der Waals surface area contributed by atoms with Crippen molar-refractivity contribution in [1.82, 2.24) is 0 Å². The first-order valence-corrected chi connectivity index (χ1v) is 4.81. The molecule has 1 rings (SSSR count). The van der Waals surface area contributed by atoms with E-state index in [1.54, 1.807) is 0 Å². The van der Waals surface area contributed by atoms with Crippen molar-refractivity contribution in [3.05, 3.63) is 0 Å². The van der Waals surface area contributed by atoms with Gasteiger partial charge >= 0.3 is 0 Å². The second kappa shape index (κ2) is 3.14. The predicted molar refractivity (Wildman–Crippen MR) is 47.4 cm³/mol. The van der Waals surface area contributed by atoms with Crippen molar-refractivity contribution in [2.24, 2.45) is 11.8 Å². The fourth-order valence-corrected chi connectivity index (χ4v) is 1.61. The third-order valence-corrected chi connectivity index (χ3v) is 3.03. The van der Waals surface area contributed by atoms with Gasteiger partial charge in [0, 0.05) is 0 Å². The quantitative estimate of drug-likeness (QED) is 0.663. The Balaban J connectivity index is 2.42. The van der Waals surface area contributed by atoms with Gasteiger partial charge in [0.15, 0.2) is 0 Å². The number of hydrogen-bond donors (Lipinski definition) is 1. The molecule has 1 unspecified atom stereocenters. The van der Waals surface area contributed by atoms with E-state index in [-0.39, 0.29) is 5.60 Å². The van der Waals surface area contributed by atoms with Crippen LogP contribution < -0.4 is 0 Å². The summed E-state index contributed by atoms with van der Waals surface area (Å²) in [5.74, 6) is 1.25. The van der Waals surface area contributed by atoms with Crippen molar-refractivity contribution in [2.45, 2.75) is 52.1 Å². The highest BCUT2D eigenvalue weighted by molar-refractivity contribution is 4.87. The van der Waals surface area contributed by atoms with E-state index >= 15 is 0 Å². The topological polar surface area (TPSA) is 20.2 Å². The average Bonchev–Trinajstić information content (AvgIpc) is 2.71. The molecular weight excluding hydrogens is 136 g/mol. The van der Waals surface area contributed by atoms with Gasteiger partial charge in [0.05, 0.1) is 5.60 Å². The lowest BCUT2D eigenvalue weighted by Crippen LogP contribution is -2.34. The zero-order chi connectivity index (χ0) is 8.48. The van der Waals surface area contributed by atoms with Crippen LogP contribution in [0.15, 0.2) is 0 Å². The van der Waals surface area contributed by atoms with Crippen LogP contribution in [0.5, 0.6) is 0 Å².